The van der Waals surface area contributed by atoms with E-state index in [1.54, 1.807) is 19.2 Å². The minimum Gasteiger partial charge on any atom is -0.478 e. The molecule has 0 unspecified atom stereocenters. The van der Waals surface area contributed by atoms with Crippen LogP contribution >= 0.6 is 0 Å². The third-order valence-electron chi connectivity index (χ3n) is 4.67. The molecule has 3 aromatic rings. The van der Waals surface area contributed by atoms with Gasteiger partial charge in [-0.25, -0.2) is 9.78 Å². The molecular weight excluding hydrogens is 310 g/mol. The van der Waals surface area contributed by atoms with Crippen molar-refractivity contribution in [2.45, 2.75) is 25.7 Å². The number of nitrogens with one attached hydrogen (secondary N) is 1. The minimum absolute atomic E-state index is 0.185. The zero-order valence-corrected chi connectivity index (χ0v) is 13.2. The topological polar surface area (TPSA) is 96.7 Å². The lowest BCUT2D eigenvalue weighted by atomic mass is 9.99. The molecule has 7 heteroatoms. The fourth-order valence-corrected chi connectivity index (χ4v) is 3.42. The fourth-order valence-electron chi connectivity index (χ4n) is 3.42. The molecule has 2 aromatic heterocycles. The third-order valence-corrected chi connectivity index (χ3v) is 4.67. The van der Waals surface area contributed by atoms with E-state index in [0.29, 0.717) is 29.8 Å². The molecule has 3 heterocycles. The number of hydrogen-bond acceptors (Lipinski definition) is 4. The maximum Gasteiger partial charge on any atom is 0.336 e. The number of aryl methyl sites for hydroxylation is 1. The van der Waals surface area contributed by atoms with Gasteiger partial charge in [-0.2, -0.15) is 0 Å². The van der Waals surface area contributed by atoms with Gasteiger partial charge in [0.25, 0.3) is 5.56 Å². The SMILES string of the molecule is Cc1cc2c(cc1C(=O)O)[nH]c(=O)c1cnc(C3CCOCC3)n12. The molecule has 0 atom stereocenters. The van der Waals surface area contributed by atoms with Crippen molar-refractivity contribution in [3.05, 3.63) is 45.6 Å². The van der Waals surface area contributed by atoms with Crippen LogP contribution < -0.4 is 5.56 Å². The molecule has 0 radical (unpaired) electrons. The van der Waals surface area contributed by atoms with Gasteiger partial charge in [-0.05, 0) is 37.5 Å². The smallest absolute Gasteiger partial charge is 0.336 e. The highest BCUT2D eigenvalue weighted by atomic mass is 16.5. The summed E-state index contributed by atoms with van der Waals surface area (Å²) in [4.78, 5) is 31.0. The Morgan fingerprint density at radius 2 is 2.08 bits per heavy atom. The Morgan fingerprint density at radius 1 is 1.33 bits per heavy atom. The lowest BCUT2D eigenvalue weighted by Gasteiger charge is -2.21. The normalized spacial score (nSPS) is 16.0. The molecule has 0 bridgehead atoms. The second-order valence-corrected chi connectivity index (χ2v) is 6.17. The standard InChI is InChI=1S/C17H17N3O4/c1-9-6-13-12(7-11(9)17(22)23)19-16(21)14-8-18-15(20(13)14)10-2-4-24-5-3-10/h6-8,10H,2-5H2,1H3,(H,19,21)(H,22,23). The van der Waals surface area contributed by atoms with Gasteiger partial charge in [-0.3, -0.25) is 9.20 Å². The summed E-state index contributed by atoms with van der Waals surface area (Å²) >= 11 is 0. The number of nitrogens with zero attached hydrogens (tertiary/aromatic N) is 2. The fraction of sp³-hybridized carbons (Fsp3) is 0.353. The number of carbonyl (C=O) groups is 1. The summed E-state index contributed by atoms with van der Waals surface area (Å²) in [7, 11) is 0. The molecule has 24 heavy (non-hydrogen) atoms. The maximum absolute atomic E-state index is 12.4. The Morgan fingerprint density at radius 3 is 2.79 bits per heavy atom. The number of fused-ring (bicyclic) bond motifs is 3. The van der Waals surface area contributed by atoms with E-state index in [9.17, 15) is 14.7 Å². The van der Waals surface area contributed by atoms with Crippen LogP contribution in [-0.2, 0) is 4.74 Å². The van der Waals surface area contributed by atoms with Gasteiger partial charge in [0.2, 0.25) is 0 Å². The first-order chi connectivity index (χ1) is 11.6. The molecule has 0 spiro atoms. The molecular formula is C17H17N3O4. The highest BCUT2D eigenvalue weighted by Gasteiger charge is 2.23. The Bertz CT molecular complexity index is 1010. The molecule has 1 aliphatic heterocycles. The Balaban J connectivity index is 2.04. The van der Waals surface area contributed by atoms with Crippen LogP contribution in [0.25, 0.3) is 16.6 Å². The van der Waals surface area contributed by atoms with Crippen molar-refractivity contribution < 1.29 is 14.6 Å². The van der Waals surface area contributed by atoms with E-state index in [1.807, 2.05) is 4.40 Å². The first kappa shape index (κ1) is 14.9. The zero-order chi connectivity index (χ0) is 16.8. The Hall–Kier alpha value is -2.67. The van der Waals surface area contributed by atoms with Crippen molar-refractivity contribution in [2.75, 3.05) is 13.2 Å². The highest BCUT2D eigenvalue weighted by molar-refractivity contribution is 5.94. The number of hydrogen-bond donors (Lipinski definition) is 2. The van der Waals surface area contributed by atoms with Gasteiger partial charge in [0.1, 0.15) is 11.3 Å². The largest absolute Gasteiger partial charge is 0.478 e. The molecule has 1 fully saturated rings. The summed E-state index contributed by atoms with van der Waals surface area (Å²) < 4.78 is 7.28. The third kappa shape index (κ3) is 2.20. The Kier molecular flexibility index (Phi) is 3.38. The van der Waals surface area contributed by atoms with Crippen molar-refractivity contribution >= 4 is 22.5 Å². The first-order valence-corrected chi connectivity index (χ1v) is 7.91. The van der Waals surface area contributed by atoms with Gasteiger partial charge in [-0.15, -0.1) is 0 Å². The molecule has 0 saturated carbocycles. The molecule has 1 aliphatic rings. The minimum atomic E-state index is -1.01. The van der Waals surface area contributed by atoms with E-state index in [2.05, 4.69) is 9.97 Å². The molecule has 0 aliphatic carbocycles. The van der Waals surface area contributed by atoms with Gasteiger partial charge >= 0.3 is 5.97 Å². The van der Waals surface area contributed by atoms with Crippen molar-refractivity contribution in [1.29, 1.82) is 0 Å². The van der Waals surface area contributed by atoms with Crippen molar-refractivity contribution in [2.24, 2.45) is 0 Å². The van der Waals surface area contributed by atoms with Crippen LogP contribution in [0.1, 0.15) is 40.5 Å². The van der Waals surface area contributed by atoms with Crippen LogP contribution in [0.2, 0.25) is 0 Å². The number of carboxylic acid groups (broad SMARTS) is 1. The lowest BCUT2D eigenvalue weighted by Crippen LogP contribution is -2.18. The lowest BCUT2D eigenvalue weighted by molar-refractivity contribution is 0.0696. The molecule has 4 rings (SSSR count). The summed E-state index contributed by atoms with van der Waals surface area (Å²) in [6.45, 7) is 3.12. The van der Waals surface area contributed by atoms with Crippen LogP contribution in [0.5, 0.6) is 0 Å². The van der Waals surface area contributed by atoms with E-state index in [1.165, 1.54) is 6.07 Å². The summed E-state index contributed by atoms with van der Waals surface area (Å²) in [5.41, 5.74) is 2.31. The molecule has 124 valence electrons. The molecule has 2 N–H and O–H groups in total. The van der Waals surface area contributed by atoms with Crippen molar-refractivity contribution in [3.63, 3.8) is 0 Å². The van der Waals surface area contributed by atoms with Crippen molar-refractivity contribution in [1.82, 2.24) is 14.4 Å². The molecule has 1 aromatic carbocycles. The van der Waals surface area contributed by atoms with E-state index < -0.39 is 5.97 Å². The number of benzene rings is 1. The first-order valence-electron chi connectivity index (χ1n) is 7.91. The number of rotatable bonds is 2. The van der Waals surface area contributed by atoms with E-state index in [0.717, 1.165) is 24.2 Å². The van der Waals surface area contributed by atoms with Gasteiger partial charge in [0.05, 0.1) is 22.8 Å². The number of aromatic carboxylic acids is 1. The van der Waals surface area contributed by atoms with Gasteiger partial charge in [0.15, 0.2) is 0 Å². The van der Waals surface area contributed by atoms with Crippen molar-refractivity contribution in [3.8, 4) is 0 Å². The van der Waals surface area contributed by atoms with E-state index >= 15 is 0 Å². The highest BCUT2D eigenvalue weighted by Crippen LogP contribution is 2.28. The van der Waals surface area contributed by atoms with Gasteiger partial charge in [-0.1, -0.05) is 0 Å². The number of aromatic amines is 1. The van der Waals surface area contributed by atoms with Crippen LogP contribution in [0, 0.1) is 6.92 Å². The predicted molar refractivity (Wildman–Crippen MR) is 87.8 cm³/mol. The number of carboxylic acids is 1. The summed E-state index contributed by atoms with van der Waals surface area (Å²) in [5, 5.41) is 9.30. The average Bonchev–Trinajstić information content (AvgIpc) is 3.02. The van der Waals surface area contributed by atoms with Gasteiger partial charge < -0.3 is 14.8 Å². The Labute approximate surface area is 136 Å². The molecule has 0 amide bonds. The van der Waals surface area contributed by atoms with E-state index in [-0.39, 0.29) is 17.0 Å². The summed E-state index contributed by atoms with van der Waals surface area (Å²) in [6.07, 6.45) is 3.31. The summed E-state index contributed by atoms with van der Waals surface area (Å²) in [6, 6.07) is 3.31. The monoisotopic (exact) mass is 327 g/mol. The number of H-pyrrole nitrogens is 1. The van der Waals surface area contributed by atoms with E-state index in [4.69, 9.17) is 4.74 Å². The second-order valence-electron chi connectivity index (χ2n) is 6.17. The maximum atomic E-state index is 12.4. The molecule has 1 saturated heterocycles. The van der Waals surface area contributed by atoms with Gasteiger partial charge in [0, 0.05) is 19.1 Å². The second kappa shape index (κ2) is 5.45. The van der Waals surface area contributed by atoms with Crippen LogP contribution in [0.4, 0.5) is 0 Å². The molecule has 7 nitrogen and oxygen atoms in total. The number of ether oxygens (including phenoxy) is 1. The summed E-state index contributed by atoms with van der Waals surface area (Å²) in [5.74, 6) is 0.0585. The van der Waals surface area contributed by atoms with Crippen LogP contribution in [0.15, 0.2) is 23.1 Å². The number of aromatic nitrogens is 3. The quantitative estimate of drug-likeness (QED) is 0.751. The average molecular weight is 327 g/mol. The number of imidazole rings is 1. The zero-order valence-electron chi connectivity index (χ0n) is 13.2. The predicted octanol–water partition coefficient (Wildman–Crippen LogP) is 2.08. The van der Waals surface area contributed by atoms with Crippen LogP contribution in [0.3, 0.4) is 0 Å². The van der Waals surface area contributed by atoms with Crippen LogP contribution in [-0.4, -0.2) is 38.7 Å².